The van der Waals surface area contributed by atoms with Crippen LogP contribution in [0.15, 0.2) is 5.18 Å². The van der Waals surface area contributed by atoms with Crippen LogP contribution in [0.2, 0.25) is 0 Å². The number of nitrogens with zero attached hydrogens (tertiary/aromatic N) is 1. The quantitative estimate of drug-likeness (QED) is 0.713. The molecule has 0 amide bonds. The molecule has 86 valence electrons. The molecule has 0 spiro atoms. The second-order valence-electron chi connectivity index (χ2n) is 3.81. The highest BCUT2D eigenvalue weighted by Gasteiger charge is 2.35. The summed E-state index contributed by atoms with van der Waals surface area (Å²) in [6.45, 7) is 3.63. The van der Waals surface area contributed by atoms with Gasteiger partial charge in [-0.2, -0.15) is 4.91 Å². The van der Waals surface area contributed by atoms with Crippen LogP contribution in [0.5, 0.6) is 0 Å². The molecule has 1 rings (SSSR count). The number of hydrogen-bond donors (Lipinski definition) is 1. The Kier molecular flexibility index (Phi) is 4.16. The minimum atomic E-state index is -1.08. The first kappa shape index (κ1) is 12.1. The third kappa shape index (κ3) is 3.56. The van der Waals surface area contributed by atoms with E-state index in [0.29, 0.717) is 6.42 Å². The topological polar surface area (TPSA) is 85.2 Å². The molecule has 0 bridgehead atoms. The van der Waals surface area contributed by atoms with Crippen LogP contribution in [0.3, 0.4) is 0 Å². The molecule has 0 aromatic carbocycles. The van der Waals surface area contributed by atoms with Crippen molar-refractivity contribution >= 4 is 5.97 Å². The van der Waals surface area contributed by atoms with Gasteiger partial charge in [0.25, 0.3) is 0 Å². The summed E-state index contributed by atoms with van der Waals surface area (Å²) >= 11 is 0. The Balaban J connectivity index is 2.58. The van der Waals surface area contributed by atoms with Crippen LogP contribution >= 0.6 is 0 Å². The van der Waals surface area contributed by atoms with Gasteiger partial charge in [0.2, 0.25) is 0 Å². The zero-order chi connectivity index (χ0) is 11.4. The molecule has 1 heterocycles. The van der Waals surface area contributed by atoms with E-state index in [9.17, 15) is 9.70 Å². The second-order valence-corrected chi connectivity index (χ2v) is 3.81. The van der Waals surface area contributed by atoms with Crippen LogP contribution in [0.4, 0.5) is 0 Å². The molecule has 3 unspecified atom stereocenters. The Morgan fingerprint density at radius 3 is 2.67 bits per heavy atom. The fourth-order valence-corrected chi connectivity index (χ4v) is 1.50. The minimum Gasteiger partial charge on any atom is -0.479 e. The van der Waals surface area contributed by atoms with Crippen molar-refractivity contribution in [3.8, 4) is 0 Å². The summed E-state index contributed by atoms with van der Waals surface area (Å²) in [6.07, 6.45) is -1.27. The number of carboxylic acids is 1. The number of aliphatic carboxylic acids is 1. The molecule has 6 nitrogen and oxygen atoms in total. The van der Waals surface area contributed by atoms with E-state index in [4.69, 9.17) is 14.6 Å². The molecule has 0 radical (unpaired) electrons. The van der Waals surface area contributed by atoms with Gasteiger partial charge in [-0.25, -0.2) is 4.79 Å². The molecule has 0 aliphatic carbocycles. The van der Waals surface area contributed by atoms with Crippen molar-refractivity contribution in [3.05, 3.63) is 4.91 Å². The molecule has 0 saturated carbocycles. The number of carbonyl (C=O) groups is 1. The van der Waals surface area contributed by atoms with E-state index in [-0.39, 0.29) is 12.5 Å². The molecule has 3 atom stereocenters. The number of rotatable bonds is 4. The fourth-order valence-electron chi connectivity index (χ4n) is 1.50. The van der Waals surface area contributed by atoms with E-state index in [0.717, 1.165) is 0 Å². The highest BCUT2D eigenvalue weighted by molar-refractivity contribution is 5.72. The fraction of sp³-hybridized carbons (Fsp3) is 0.889. The van der Waals surface area contributed by atoms with Crippen molar-refractivity contribution < 1.29 is 19.4 Å². The Labute approximate surface area is 87.5 Å². The predicted octanol–water partition coefficient (Wildman–Crippen LogP) is 1.14. The van der Waals surface area contributed by atoms with Gasteiger partial charge in [0.1, 0.15) is 0 Å². The molecular formula is C9H15NO5. The van der Waals surface area contributed by atoms with Gasteiger partial charge in [0.15, 0.2) is 12.4 Å². The average molecular weight is 217 g/mol. The lowest BCUT2D eigenvalue weighted by Gasteiger charge is -2.31. The van der Waals surface area contributed by atoms with Gasteiger partial charge in [-0.15, -0.1) is 0 Å². The van der Waals surface area contributed by atoms with Gasteiger partial charge in [0.05, 0.1) is 12.1 Å². The van der Waals surface area contributed by atoms with Crippen molar-refractivity contribution in [1.82, 2.24) is 0 Å². The van der Waals surface area contributed by atoms with E-state index in [1.165, 1.54) is 0 Å². The second kappa shape index (κ2) is 5.18. The highest BCUT2D eigenvalue weighted by atomic mass is 16.7. The van der Waals surface area contributed by atoms with Crippen molar-refractivity contribution in [3.63, 3.8) is 0 Å². The summed E-state index contributed by atoms with van der Waals surface area (Å²) in [5.74, 6) is -1.08. The molecule has 1 fully saturated rings. The van der Waals surface area contributed by atoms with E-state index in [2.05, 4.69) is 5.18 Å². The van der Waals surface area contributed by atoms with E-state index < -0.39 is 24.4 Å². The third-order valence-electron chi connectivity index (χ3n) is 2.12. The lowest BCUT2D eigenvalue weighted by Crippen LogP contribution is -2.41. The smallest absolute Gasteiger partial charge is 0.333 e. The summed E-state index contributed by atoms with van der Waals surface area (Å²) in [5.41, 5.74) is 0. The van der Waals surface area contributed by atoms with E-state index >= 15 is 0 Å². The van der Waals surface area contributed by atoms with Gasteiger partial charge in [-0.05, 0) is 13.8 Å². The van der Waals surface area contributed by atoms with Gasteiger partial charge >= 0.3 is 5.97 Å². The zero-order valence-corrected chi connectivity index (χ0v) is 8.75. The molecule has 0 aromatic rings. The van der Waals surface area contributed by atoms with Crippen molar-refractivity contribution in [2.24, 2.45) is 5.18 Å². The first-order valence-electron chi connectivity index (χ1n) is 4.89. The van der Waals surface area contributed by atoms with Crippen molar-refractivity contribution in [2.75, 3.05) is 0 Å². The van der Waals surface area contributed by atoms with Crippen LogP contribution in [0.25, 0.3) is 0 Å². The standard InChI is InChI=1S/C9H15NO5/c1-5(2)14-8-4-6(10-13)3-7(15-8)9(11)12/h5-8H,3-4H2,1-2H3,(H,11,12). The maximum absolute atomic E-state index is 10.7. The average Bonchev–Trinajstić information content (AvgIpc) is 2.16. The Morgan fingerprint density at radius 1 is 1.53 bits per heavy atom. The first-order chi connectivity index (χ1) is 7.02. The molecule has 6 heteroatoms. The molecule has 1 N–H and O–H groups in total. The summed E-state index contributed by atoms with van der Waals surface area (Å²) in [6, 6.07) is -0.538. The molecule has 1 aliphatic rings. The summed E-state index contributed by atoms with van der Waals surface area (Å²) < 4.78 is 10.5. The number of ether oxygens (including phenoxy) is 2. The number of carboxylic acid groups (broad SMARTS) is 1. The monoisotopic (exact) mass is 217 g/mol. The SMILES string of the molecule is CC(C)OC1CC(N=O)CC(C(=O)O)O1. The predicted molar refractivity (Wildman–Crippen MR) is 51.3 cm³/mol. The van der Waals surface area contributed by atoms with Crippen molar-refractivity contribution in [1.29, 1.82) is 0 Å². The largest absolute Gasteiger partial charge is 0.479 e. The number of hydrogen-bond acceptors (Lipinski definition) is 5. The lowest BCUT2D eigenvalue weighted by atomic mass is 10.0. The maximum atomic E-state index is 10.7. The van der Waals surface area contributed by atoms with Gasteiger partial charge in [-0.3, -0.25) is 0 Å². The van der Waals surface area contributed by atoms with Crippen LogP contribution < -0.4 is 0 Å². The van der Waals surface area contributed by atoms with Crippen LogP contribution in [-0.4, -0.2) is 35.6 Å². The maximum Gasteiger partial charge on any atom is 0.333 e. The summed E-state index contributed by atoms with van der Waals surface area (Å²) in [7, 11) is 0. The minimum absolute atomic E-state index is 0.0742. The normalized spacial score (nSPS) is 31.5. The van der Waals surface area contributed by atoms with E-state index in [1.54, 1.807) is 0 Å². The Hall–Kier alpha value is -1.01. The van der Waals surface area contributed by atoms with Crippen LogP contribution in [-0.2, 0) is 14.3 Å². The highest BCUT2D eigenvalue weighted by Crippen LogP contribution is 2.23. The van der Waals surface area contributed by atoms with Gasteiger partial charge in [-0.1, -0.05) is 5.18 Å². The van der Waals surface area contributed by atoms with Gasteiger partial charge in [0, 0.05) is 12.8 Å². The lowest BCUT2D eigenvalue weighted by molar-refractivity contribution is -0.219. The van der Waals surface area contributed by atoms with Crippen molar-refractivity contribution in [2.45, 2.75) is 51.2 Å². The zero-order valence-electron chi connectivity index (χ0n) is 8.75. The third-order valence-corrected chi connectivity index (χ3v) is 2.12. The van der Waals surface area contributed by atoms with Crippen LogP contribution in [0, 0.1) is 4.91 Å². The van der Waals surface area contributed by atoms with Crippen LogP contribution in [0.1, 0.15) is 26.7 Å². The van der Waals surface area contributed by atoms with Gasteiger partial charge < -0.3 is 14.6 Å². The molecule has 15 heavy (non-hydrogen) atoms. The Bertz CT molecular complexity index is 243. The molecule has 1 saturated heterocycles. The summed E-state index contributed by atoms with van der Waals surface area (Å²) in [4.78, 5) is 21.1. The molecular weight excluding hydrogens is 202 g/mol. The Morgan fingerprint density at radius 2 is 2.20 bits per heavy atom. The van der Waals surface area contributed by atoms with E-state index in [1.807, 2.05) is 13.8 Å². The molecule has 1 aliphatic heterocycles. The molecule has 0 aromatic heterocycles. The number of nitroso groups, excluding NO2 is 1. The first-order valence-corrected chi connectivity index (χ1v) is 4.89. The summed E-state index contributed by atoms with van der Waals surface area (Å²) in [5, 5.41) is 11.6.